The van der Waals surface area contributed by atoms with E-state index >= 15 is 0 Å². The number of fused-ring (bicyclic) bond motifs is 1. The average molecular weight is 375 g/mol. The quantitative estimate of drug-likeness (QED) is 0.729. The van der Waals surface area contributed by atoms with Crippen LogP contribution in [0.3, 0.4) is 0 Å². The first-order valence-corrected chi connectivity index (χ1v) is 8.31. The molecule has 126 valence electrons. The maximum Gasteiger partial charge on any atom is 0.307 e. The molecule has 0 aliphatic rings. The van der Waals surface area contributed by atoms with Crippen LogP contribution in [0, 0.1) is 18.3 Å². The number of rotatable bonds is 3. The molecule has 2 N–H and O–H groups in total. The lowest BCUT2D eigenvalue weighted by Crippen LogP contribution is -2.12. The Hall–Kier alpha value is -2.82. The zero-order valence-corrected chi connectivity index (χ0v) is 14.5. The van der Waals surface area contributed by atoms with E-state index in [0.717, 1.165) is 11.3 Å². The van der Waals surface area contributed by atoms with Gasteiger partial charge in [-0.2, -0.15) is 5.26 Å². The van der Waals surface area contributed by atoms with Gasteiger partial charge in [0, 0.05) is 11.1 Å². The van der Waals surface area contributed by atoms with E-state index in [1.54, 1.807) is 19.1 Å². The van der Waals surface area contributed by atoms with E-state index in [2.05, 4.69) is 0 Å². The van der Waals surface area contributed by atoms with Crippen LogP contribution in [0.5, 0.6) is 5.75 Å². The Morgan fingerprint density at radius 2 is 2.08 bits per heavy atom. The molecule has 6 nitrogen and oxygen atoms in total. The summed E-state index contributed by atoms with van der Waals surface area (Å²) in [4.78, 5) is 24.9. The molecular weight excluding hydrogens is 364 g/mol. The number of carboxylic acid groups (broad SMARTS) is 1. The first kappa shape index (κ1) is 17.0. The molecule has 1 aromatic carbocycles. The van der Waals surface area contributed by atoms with Gasteiger partial charge >= 0.3 is 5.97 Å². The molecule has 0 saturated carbocycles. The van der Waals surface area contributed by atoms with Crippen molar-refractivity contribution in [2.75, 3.05) is 0 Å². The average Bonchev–Trinajstić information content (AvgIpc) is 3.12. The Balaban J connectivity index is 2.28. The number of aliphatic carboxylic acids is 1. The van der Waals surface area contributed by atoms with E-state index in [1.165, 1.54) is 16.7 Å². The fourth-order valence-corrected chi connectivity index (χ4v) is 3.64. The molecule has 0 amide bonds. The van der Waals surface area contributed by atoms with Gasteiger partial charge in [-0.25, -0.2) is 0 Å². The Kier molecular flexibility index (Phi) is 4.25. The normalized spacial score (nSPS) is 10.8. The first-order valence-electron chi connectivity index (χ1n) is 7.12. The lowest BCUT2D eigenvalue weighted by Gasteiger charge is -2.06. The van der Waals surface area contributed by atoms with E-state index in [-0.39, 0.29) is 23.1 Å². The number of halogens is 1. The topological polar surface area (TPSA) is 103 Å². The molecule has 0 saturated heterocycles. The molecule has 3 rings (SSSR count). The van der Waals surface area contributed by atoms with Gasteiger partial charge in [0.2, 0.25) is 0 Å². The van der Waals surface area contributed by atoms with Crippen molar-refractivity contribution in [1.29, 1.82) is 5.26 Å². The molecule has 0 fully saturated rings. The van der Waals surface area contributed by atoms with Crippen molar-refractivity contribution in [2.24, 2.45) is 0 Å². The number of hydrogen-bond acceptors (Lipinski definition) is 5. The molecule has 0 bridgehead atoms. The van der Waals surface area contributed by atoms with Gasteiger partial charge in [-0.15, -0.1) is 11.3 Å². The van der Waals surface area contributed by atoms with E-state index < -0.39 is 5.97 Å². The van der Waals surface area contributed by atoms with Crippen LogP contribution in [0.2, 0.25) is 5.02 Å². The number of phenolic OH excluding ortho intramolecular Hbond substituents is 1. The Bertz CT molecular complexity index is 1070. The van der Waals surface area contributed by atoms with Gasteiger partial charge in [0.25, 0.3) is 5.91 Å². The summed E-state index contributed by atoms with van der Waals surface area (Å²) in [6.45, 7) is 1.64. The second-order valence-electron chi connectivity index (χ2n) is 5.37. The first-order chi connectivity index (χ1) is 11.8. The second kappa shape index (κ2) is 6.24. The number of carbonyl (C=O) groups excluding carboxylic acids is 1. The van der Waals surface area contributed by atoms with Gasteiger partial charge in [-0.3, -0.25) is 14.2 Å². The molecule has 0 unspecified atom stereocenters. The van der Waals surface area contributed by atoms with Crippen LogP contribution in [0.4, 0.5) is 0 Å². The smallest absolute Gasteiger partial charge is 0.307 e. The monoisotopic (exact) mass is 374 g/mol. The fourth-order valence-electron chi connectivity index (χ4n) is 2.75. The highest BCUT2D eigenvalue weighted by molar-refractivity contribution is 7.14. The SMILES string of the molecule is Cc1c(CC(=O)O)c2cc(O)c(Cl)cc2n1C(=O)c1ccc(C#N)s1. The van der Waals surface area contributed by atoms with Crippen LogP contribution >= 0.6 is 22.9 Å². The number of hydrogen-bond donors (Lipinski definition) is 2. The van der Waals surface area contributed by atoms with Crippen LogP contribution in [-0.4, -0.2) is 26.7 Å². The Morgan fingerprint density at radius 3 is 2.68 bits per heavy atom. The lowest BCUT2D eigenvalue weighted by atomic mass is 10.1. The summed E-state index contributed by atoms with van der Waals surface area (Å²) in [5, 5.41) is 28.5. The predicted molar refractivity (Wildman–Crippen MR) is 93.5 cm³/mol. The largest absolute Gasteiger partial charge is 0.506 e. The van der Waals surface area contributed by atoms with Gasteiger partial charge in [0.1, 0.15) is 16.7 Å². The number of thiophene rings is 1. The Morgan fingerprint density at radius 1 is 1.36 bits per heavy atom. The van der Waals surface area contributed by atoms with Gasteiger partial charge in [-0.05, 0) is 36.8 Å². The minimum Gasteiger partial charge on any atom is -0.506 e. The van der Waals surface area contributed by atoms with E-state index in [0.29, 0.717) is 31.9 Å². The van der Waals surface area contributed by atoms with Crippen LogP contribution in [0.15, 0.2) is 24.3 Å². The summed E-state index contributed by atoms with van der Waals surface area (Å²) < 4.78 is 1.37. The molecule has 0 spiro atoms. The molecule has 2 aromatic heterocycles. The summed E-state index contributed by atoms with van der Waals surface area (Å²) >= 11 is 7.03. The number of nitriles is 1. The molecule has 0 radical (unpaired) electrons. The summed E-state index contributed by atoms with van der Waals surface area (Å²) in [5.74, 6) is -1.62. The predicted octanol–water partition coefficient (Wildman–Crippen LogP) is 3.56. The highest BCUT2D eigenvalue weighted by Gasteiger charge is 2.23. The number of aromatic hydroxyl groups is 1. The number of benzene rings is 1. The van der Waals surface area contributed by atoms with Crippen molar-refractivity contribution < 1.29 is 19.8 Å². The van der Waals surface area contributed by atoms with Crippen molar-refractivity contribution in [1.82, 2.24) is 4.57 Å². The number of phenols is 1. The molecule has 3 aromatic rings. The van der Waals surface area contributed by atoms with Gasteiger partial charge < -0.3 is 10.2 Å². The van der Waals surface area contributed by atoms with Gasteiger partial charge in [-0.1, -0.05) is 11.6 Å². The summed E-state index contributed by atoms with van der Waals surface area (Å²) in [7, 11) is 0. The molecule has 0 atom stereocenters. The minimum absolute atomic E-state index is 0.0600. The van der Waals surface area contributed by atoms with Crippen molar-refractivity contribution >= 4 is 45.7 Å². The zero-order valence-electron chi connectivity index (χ0n) is 12.9. The van der Waals surface area contributed by atoms with E-state index in [4.69, 9.17) is 22.0 Å². The maximum absolute atomic E-state index is 12.9. The van der Waals surface area contributed by atoms with E-state index in [1.807, 2.05) is 6.07 Å². The van der Waals surface area contributed by atoms with E-state index in [9.17, 15) is 14.7 Å². The van der Waals surface area contributed by atoms with Crippen LogP contribution in [0.25, 0.3) is 10.9 Å². The molecule has 2 heterocycles. The maximum atomic E-state index is 12.9. The Labute approximate surface area is 151 Å². The summed E-state index contributed by atoms with van der Waals surface area (Å²) in [5.41, 5.74) is 1.30. The minimum atomic E-state index is -1.05. The third-order valence-corrected chi connectivity index (χ3v) is 5.14. The molecular formula is C17H11ClN2O4S. The van der Waals surface area contributed by atoms with Crippen LogP contribution in [0.1, 0.15) is 25.8 Å². The number of nitrogens with zero attached hydrogens (tertiary/aromatic N) is 2. The molecule has 0 aliphatic heterocycles. The van der Waals surface area contributed by atoms with Crippen LogP contribution < -0.4 is 0 Å². The summed E-state index contributed by atoms with van der Waals surface area (Å²) in [6.07, 6.45) is -0.294. The standard InChI is InChI=1S/C17H11ClN2O4S/c1-8-10(5-16(22)23)11-4-14(21)12(18)6-13(11)20(8)17(24)15-3-2-9(7-19)25-15/h2-4,6,21H,5H2,1H3,(H,22,23). The third kappa shape index (κ3) is 2.86. The second-order valence-corrected chi connectivity index (χ2v) is 6.86. The van der Waals surface area contributed by atoms with Gasteiger partial charge in [0.15, 0.2) is 0 Å². The fraction of sp³-hybridized carbons (Fsp3) is 0.118. The highest BCUT2D eigenvalue weighted by atomic mass is 35.5. The molecule has 25 heavy (non-hydrogen) atoms. The van der Waals surface area contributed by atoms with Gasteiger partial charge in [0.05, 0.1) is 21.8 Å². The van der Waals surface area contributed by atoms with Crippen molar-refractivity contribution in [2.45, 2.75) is 13.3 Å². The van der Waals surface area contributed by atoms with Crippen molar-refractivity contribution in [3.05, 3.63) is 50.3 Å². The van der Waals surface area contributed by atoms with Crippen molar-refractivity contribution in [3.8, 4) is 11.8 Å². The number of aromatic nitrogens is 1. The summed E-state index contributed by atoms with van der Waals surface area (Å²) in [6, 6.07) is 7.88. The third-order valence-electron chi connectivity index (χ3n) is 3.86. The lowest BCUT2D eigenvalue weighted by molar-refractivity contribution is -0.136. The van der Waals surface area contributed by atoms with Crippen molar-refractivity contribution in [3.63, 3.8) is 0 Å². The number of carboxylic acids is 1. The number of carbonyl (C=O) groups is 2. The zero-order chi connectivity index (χ0) is 18.3. The highest BCUT2D eigenvalue weighted by Crippen LogP contribution is 2.35. The molecule has 8 heteroatoms. The van der Waals surface area contributed by atoms with Crippen LogP contribution in [-0.2, 0) is 11.2 Å². The molecule has 0 aliphatic carbocycles.